The number of carbonyl (C=O) groups is 2. The van der Waals surface area contributed by atoms with Gasteiger partial charge >= 0.3 is 0 Å². The smallest absolute Gasteiger partial charge is 0.254 e. The third-order valence-electron chi connectivity index (χ3n) is 5.48. The second kappa shape index (κ2) is 11.3. The molecule has 2 aromatic carbocycles. The highest BCUT2D eigenvalue weighted by Crippen LogP contribution is 2.28. The molecule has 0 fully saturated rings. The van der Waals surface area contributed by atoms with E-state index in [-0.39, 0.29) is 16.7 Å². The molecular formula is C25H30FN5O2S. The predicted octanol–water partition coefficient (Wildman–Crippen LogP) is 5.05. The Morgan fingerprint density at radius 3 is 2.53 bits per heavy atom. The number of hydrogen-bond donors (Lipinski definition) is 2. The summed E-state index contributed by atoms with van der Waals surface area (Å²) in [4.78, 5) is 25.5. The summed E-state index contributed by atoms with van der Waals surface area (Å²) >= 11 is 1.34. The van der Waals surface area contributed by atoms with Crippen LogP contribution in [-0.4, -0.2) is 31.8 Å². The van der Waals surface area contributed by atoms with Crippen molar-refractivity contribution in [3.8, 4) is 0 Å². The third-order valence-corrected chi connectivity index (χ3v) is 6.82. The van der Waals surface area contributed by atoms with Gasteiger partial charge in [0.15, 0.2) is 11.0 Å². The van der Waals surface area contributed by atoms with Gasteiger partial charge in [0.2, 0.25) is 5.91 Å². The molecule has 2 N–H and O–H groups in total. The average molecular weight is 484 g/mol. The van der Waals surface area contributed by atoms with Gasteiger partial charge in [0, 0.05) is 12.2 Å². The Bertz CT molecular complexity index is 1180. The lowest BCUT2D eigenvalue weighted by Gasteiger charge is -2.18. The number of anilines is 1. The molecule has 180 valence electrons. The predicted molar refractivity (Wildman–Crippen MR) is 132 cm³/mol. The highest BCUT2D eigenvalue weighted by atomic mass is 32.2. The van der Waals surface area contributed by atoms with E-state index in [1.165, 1.54) is 30.0 Å². The maximum Gasteiger partial charge on any atom is 0.254 e. The number of benzene rings is 2. The molecule has 9 heteroatoms. The van der Waals surface area contributed by atoms with Gasteiger partial charge in [-0.1, -0.05) is 43.0 Å². The molecule has 0 aliphatic heterocycles. The van der Waals surface area contributed by atoms with E-state index in [0.717, 1.165) is 16.8 Å². The molecule has 3 aromatic rings. The number of halogens is 1. The van der Waals surface area contributed by atoms with Crippen LogP contribution in [-0.2, 0) is 11.3 Å². The molecule has 1 heterocycles. The first kappa shape index (κ1) is 25.4. The zero-order valence-corrected chi connectivity index (χ0v) is 20.9. The van der Waals surface area contributed by atoms with Crippen molar-refractivity contribution in [2.45, 2.75) is 64.0 Å². The molecule has 3 rings (SSSR count). The number of nitrogens with zero attached hydrogens (tertiary/aromatic N) is 3. The highest BCUT2D eigenvalue weighted by Gasteiger charge is 2.25. The Morgan fingerprint density at radius 1 is 1.12 bits per heavy atom. The fourth-order valence-corrected chi connectivity index (χ4v) is 4.55. The van der Waals surface area contributed by atoms with Gasteiger partial charge < -0.3 is 15.2 Å². The average Bonchev–Trinajstić information content (AvgIpc) is 3.22. The fraction of sp³-hybridized carbons (Fsp3) is 0.360. The van der Waals surface area contributed by atoms with Gasteiger partial charge in [-0.15, -0.1) is 10.2 Å². The topological polar surface area (TPSA) is 88.9 Å². The van der Waals surface area contributed by atoms with E-state index in [9.17, 15) is 14.0 Å². The molecule has 0 saturated carbocycles. The standard InChI is InChI=1S/C25H30FN5O2S/c1-6-21(24(33)28-20-14-15(3)12-13-16(20)4)34-25-30-29-22(31(25)7-2)17(5)27-23(32)18-10-8-9-11-19(18)26/h8-14,17,21H,6-7H2,1-5H3,(H,27,32)(H,28,33)/t17-,21-/m1/s1. The van der Waals surface area contributed by atoms with Crippen molar-refractivity contribution in [3.63, 3.8) is 0 Å². The minimum atomic E-state index is -0.582. The summed E-state index contributed by atoms with van der Waals surface area (Å²) in [5.41, 5.74) is 2.84. The summed E-state index contributed by atoms with van der Waals surface area (Å²) in [5, 5.41) is 14.6. The van der Waals surface area contributed by atoms with E-state index in [0.29, 0.717) is 23.9 Å². The molecule has 2 atom stereocenters. The van der Waals surface area contributed by atoms with Crippen LogP contribution in [0.2, 0.25) is 0 Å². The van der Waals surface area contributed by atoms with E-state index < -0.39 is 17.8 Å². The van der Waals surface area contributed by atoms with Gasteiger partial charge in [-0.25, -0.2) is 4.39 Å². The summed E-state index contributed by atoms with van der Waals surface area (Å²) in [6.45, 7) is 10.2. The molecule has 0 aliphatic rings. The first-order valence-electron chi connectivity index (χ1n) is 11.3. The summed E-state index contributed by atoms with van der Waals surface area (Å²) in [6.07, 6.45) is 0.604. The van der Waals surface area contributed by atoms with Crippen molar-refractivity contribution in [1.82, 2.24) is 20.1 Å². The first-order valence-corrected chi connectivity index (χ1v) is 12.2. The van der Waals surface area contributed by atoms with Gasteiger partial charge in [0.1, 0.15) is 5.82 Å². The quantitative estimate of drug-likeness (QED) is 0.416. The molecule has 1 aromatic heterocycles. The van der Waals surface area contributed by atoms with Crippen LogP contribution in [0.15, 0.2) is 47.6 Å². The van der Waals surface area contributed by atoms with Crippen molar-refractivity contribution in [3.05, 3.63) is 70.8 Å². The fourth-order valence-electron chi connectivity index (χ4n) is 3.52. The van der Waals surface area contributed by atoms with Crippen molar-refractivity contribution in [2.24, 2.45) is 0 Å². The van der Waals surface area contributed by atoms with Gasteiger partial charge in [-0.3, -0.25) is 9.59 Å². The number of thioether (sulfide) groups is 1. The summed E-state index contributed by atoms with van der Waals surface area (Å²) in [5.74, 6) is -0.667. The maximum absolute atomic E-state index is 14.0. The first-order chi connectivity index (χ1) is 16.2. The Morgan fingerprint density at radius 2 is 1.85 bits per heavy atom. The van der Waals surface area contributed by atoms with Crippen molar-refractivity contribution in [1.29, 1.82) is 0 Å². The normalized spacial score (nSPS) is 12.8. The van der Waals surface area contributed by atoms with Gasteiger partial charge in [-0.2, -0.15) is 0 Å². The lowest BCUT2D eigenvalue weighted by atomic mass is 10.1. The molecule has 0 radical (unpaired) electrons. The largest absolute Gasteiger partial charge is 0.342 e. The van der Waals surface area contributed by atoms with Crippen LogP contribution in [0.25, 0.3) is 0 Å². The second-order valence-corrected chi connectivity index (χ2v) is 9.25. The number of carbonyl (C=O) groups excluding carboxylic acids is 2. The minimum absolute atomic E-state index is 0.0272. The van der Waals surface area contributed by atoms with E-state index in [4.69, 9.17) is 0 Å². The number of aromatic nitrogens is 3. The van der Waals surface area contributed by atoms with Crippen LogP contribution in [0.5, 0.6) is 0 Å². The molecule has 0 spiro atoms. The summed E-state index contributed by atoms with van der Waals surface area (Å²) < 4.78 is 15.8. The van der Waals surface area contributed by atoms with E-state index >= 15 is 0 Å². The van der Waals surface area contributed by atoms with E-state index in [1.807, 2.05) is 50.5 Å². The molecular weight excluding hydrogens is 453 g/mol. The summed E-state index contributed by atoms with van der Waals surface area (Å²) in [7, 11) is 0. The molecule has 0 saturated heterocycles. The van der Waals surface area contributed by atoms with Crippen LogP contribution >= 0.6 is 11.8 Å². The Labute approximate surface area is 203 Å². The van der Waals surface area contributed by atoms with Crippen molar-refractivity contribution < 1.29 is 14.0 Å². The van der Waals surface area contributed by atoms with Crippen molar-refractivity contribution >= 4 is 29.3 Å². The zero-order chi connectivity index (χ0) is 24.8. The van der Waals surface area contributed by atoms with E-state index in [2.05, 4.69) is 20.8 Å². The van der Waals surface area contributed by atoms with Crippen LogP contribution in [0, 0.1) is 19.7 Å². The van der Waals surface area contributed by atoms with Crippen LogP contribution in [0.4, 0.5) is 10.1 Å². The van der Waals surface area contributed by atoms with Crippen LogP contribution in [0.3, 0.4) is 0 Å². The number of rotatable bonds is 9. The molecule has 7 nitrogen and oxygen atoms in total. The monoisotopic (exact) mass is 483 g/mol. The number of hydrogen-bond acceptors (Lipinski definition) is 5. The minimum Gasteiger partial charge on any atom is -0.342 e. The van der Waals surface area contributed by atoms with Gasteiger partial charge in [0.05, 0.1) is 16.9 Å². The number of amides is 2. The third kappa shape index (κ3) is 5.83. The molecule has 0 bridgehead atoms. The highest BCUT2D eigenvalue weighted by molar-refractivity contribution is 8.00. The van der Waals surface area contributed by atoms with Gasteiger partial charge in [0.25, 0.3) is 5.91 Å². The lowest BCUT2D eigenvalue weighted by molar-refractivity contribution is -0.115. The van der Waals surface area contributed by atoms with E-state index in [1.54, 1.807) is 13.0 Å². The number of nitrogens with one attached hydrogen (secondary N) is 2. The molecule has 0 aliphatic carbocycles. The maximum atomic E-state index is 14.0. The van der Waals surface area contributed by atoms with Crippen LogP contribution < -0.4 is 10.6 Å². The SMILES string of the molecule is CC[C@@H](Sc1nnc([C@@H](C)NC(=O)c2ccccc2F)n1CC)C(=O)Nc1cc(C)ccc1C. The molecule has 34 heavy (non-hydrogen) atoms. The van der Waals surface area contributed by atoms with Gasteiger partial charge in [-0.05, 0) is 63.4 Å². The summed E-state index contributed by atoms with van der Waals surface area (Å²) in [6, 6.07) is 11.3. The van der Waals surface area contributed by atoms with Crippen molar-refractivity contribution in [2.75, 3.05) is 5.32 Å². The Kier molecular flexibility index (Phi) is 8.44. The molecule has 2 amide bonds. The lowest BCUT2D eigenvalue weighted by Crippen LogP contribution is -2.29. The number of aryl methyl sites for hydroxylation is 2. The Hall–Kier alpha value is -3.20. The molecule has 0 unspecified atom stereocenters. The zero-order valence-electron chi connectivity index (χ0n) is 20.1. The second-order valence-electron chi connectivity index (χ2n) is 8.08. The Balaban J connectivity index is 1.74. The van der Waals surface area contributed by atoms with Crippen LogP contribution in [0.1, 0.15) is 60.5 Å².